The van der Waals surface area contributed by atoms with Crippen LogP contribution >= 0.6 is 11.6 Å². The van der Waals surface area contributed by atoms with Crippen LogP contribution in [0.25, 0.3) is 0 Å². The van der Waals surface area contributed by atoms with Crippen molar-refractivity contribution in [3.05, 3.63) is 94.5 Å². The molecule has 1 heterocycles. The predicted molar refractivity (Wildman–Crippen MR) is 110 cm³/mol. The molecule has 0 saturated carbocycles. The summed E-state index contributed by atoms with van der Waals surface area (Å²) in [6.07, 6.45) is 3.40. The average Bonchev–Trinajstić information content (AvgIpc) is 2.71. The molecule has 0 aliphatic carbocycles. The average molecular weight is 409 g/mol. The van der Waals surface area contributed by atoms with Crippen LogP contribution in [0.3, 0.4) is 0 Å². The summed E-state index contributed by atoms with van der Waals surface area (Å²) < 4.78 is 13.5. The smallest absolute Gasteiger partial charge is 0.238 e. The van der Waals surface area contributed by atoms with Gasteiger partial charge < -0.3 is 5.32 Å². The second-order valence-electron chi connectivity index (χ2n) is 6.47. The fourth-order valence-corrected chi connectivity index (χ4v) is 3.01. The van der Waals surface area contributed by atoms with Crippen molar-refractivity contribution < 1.29 is 9.18 Å². The highest BCUT2D eigenvalue weighted by atomic mass is 35.5. The largest absolute Gasteiger partial charge is 0.325 e. The SMILES string of the molecule is N#Cc1cc(F)ccc1CN(CC(=O)Nc1ccc(Cl)cc1)Cc1cccnc1. The van der Waals surface area contributed by atoms with Gasteiger partial charge in [0.2, 0.25) is 5.91 Å². The third-order valence-corrected chi connectivity index (χ3v) is 4.46. The Morgan fingerprint density at radius 3 is 2.66 bits per heavy atom. The van der Waals surface area contributed by atoms with Gasteiger partial charge in [-0.3, -0.25) is 14.7 Å². The number of nitriles is 1. The molecule has 0 bridgehead atoms. The lowest BCUT2D eigenvalue weighted by atomic mass is 10.1. The third-order valence-electron chi connectivity index (χ3n) is 4.21. The van der Waals surface area contributed by atoms with Gasteiger partial charge in [-0.2, -0.15) is 5.26 Å². The van der Waals surface area contributed by atoms with Gasteiger partial charge in [-0.15, -0.1) is 0 Å². The van der Waals surface area contributed by atoms with Crippen LogP contribution in [0.4, 0.5) is 10.1 Å². The zero-order valence-corrected chi connectivity index (χ0v) is 16.2. The van der Waals surface area contributed by atoms with Crippen molar-refractivity contribution in [3.63, 3.8) is 0 Å². The number of benzene rings is 2. The van der Waals surface area contributed by atoms with Crippen molar-refractivity contribution in [3.8, 4) is 6.07 Å². The lowest BCUT2D eigenvalue weighted by Gasteiger charge is -2.22. The number of nitrogens with one attached hydrogen (secondary N) is 1. The summed E-state index contributed by atoms with van der Waals surface area (Å²) in [5.41, 5.74) is 2.46. The van der Waals surface area contributed by atoms with Crippen molar-refractivity contribution >= 4 is 23.2 Å². The first-order valence-corrected chi connectivity index (χ1v) is 9.26. The molecule has 7 heteroatoms. The molecule has 0 spiro atoms. The molecule has 29 heavy (non-hydrogen) atoms. The summed E-state index contributed by atoms with van der Waals surface area (Å²) in [6, 6.07) is 16.7. The molecule has 0 unspecified atom stereocenters. The number of halogens is 2. The molecule has 1 amide bonds. The van der Waals surface area contributed by atoms with Crippen molar-refractivity contribution in [1.82, 2.24) is 9.88 Å². The Hall–Kier alpha value is -3.27. The molecule has 3 aromatic rings. The van der Waals surface area contributed by atoms with E-state index in [-0.39, 0.29) is 18.0 Å². The third kappa shape index (κ3) is 6.11. The number of amides is 1. The van der Waals surface area contributed by atoms with Gasteiger partial charge in [-0.05, 0) is 53.6 Å². The van der Waals surface area contributed by atoms with E-state index < -0.39 is 5.82 Å². The van der Waals surface area contributed by atoms with Crippen molar-refractivity contribution in [1.29, 1.82) is 5.26 Å². The molecule has 1 N–H and O–H groups in total. The Bertz CT molecular complexity index is 1020. The Kier molecular flexibility index (Phi) is 6.90. The van der Waals surface area contributed by atoms with Crippen LogP contribution in [0.2, 0.25) is 5.02 Å². The predicted octanol–water partition coefficient (Wildman–Crippen LogP) is 4.39. The number of carbonyl (C=O) groups is 1. The minimum Gasteiger partial charge on any atom is -0.325 e. The maximum Gasteiger partial charge on any atom is 0.238 e. The van der Waals surface area contributed by atoms with Crippen LogP contribution in [0, 0.1) is 17.1 Å². The first-order valence-electron chi connectivity index (χ1n) is 8.88. The van der Waals surface area contributed by atoms with E-state index in [1.165, 1.54) is 12.1 Å². The van der Waals surface area contributed by atoms with E-state index in [0.29, 0.717) is 29.4 Å². The van der Waals surface area contributed by atoms with Crippen LogP contribution in [-0.4, -0.2) is 22.3 Å². The Morgan fingerprint density at radius 1 is 1.17 bits per heavy atom. The summed E-state index contributed by atoms with van der Waals surface area (Å²) in [4.78, 5) is 18.5. The zero-order valence-electron chi connectivity index (χ0n) is 15.5. The molecule has 146 valence electrons. The highest BCUT2D eigenvalue weighted by Gasteiger charge is 2.15. The maximum absolute atomic E-state index is 13.5. The summed E-state index contributed by atoms with van der Waals surface area (Å²) in [5.74, 6) is -0.679. The standard InChI is InChI=1S/C22H18ClFN4O/c23-19-4-7-21(8-5-19)27-22(29)15-28(13-16-2-1-9-26-12-16)14-17-3-6-20(24)10-18(17)11-25/h1-10,12H,13-15H2,(H,27,29). The van der Waals surface area contributed by atoms with Crippen molar-refractivity contribution in [2.75, 3.05) is 11.9 Å². The normalized spacial score (nSPS) is 10.6. The van der Waals surface area contributed by atoms with Gasteiger partial charge in [-0.1, -0.05) is 23.7 Å². The molecule has 2 aromatic carbocycles. The summed E-state index contributed by atoms with van der Waals surface area (Å²) in [7, 11) is 0. The molecule has 0 aliphatic rings. The molecule has 0 radical (unpaired) electrons. The summed E-state index contributed by atoms with van der Waals surface area (Å²) >= 11 is 5.87. The van der Waals surface area contributed by atoms with Gasteiger partial charge in [-0.25, -0.2) is 4.39 Å². The van der Waals surface area contributed by atoms with Gasteiger partial charge in [0, 0.05) is 36.2 Å². The molecule has 0 aliphatic heterocycles. The highest BCUT2D eigenvalue weighted by molar-refractivity contribution is 6.30. The number of hydrogen-bond donors (Lipinski definition) is 1. The van der Waals surface area contributed by atoms with E-state index >= 15 is 0 Å². The highest BCUT2D eigenvalue weighted by Crippen LogP contribution is 2.16. The van der Waals surface area contributed by atoms with E-state index in [1.54, 1.807) is 42.7 Å². The summed E-state index contributed by atoms with van der Waals surface area (Å²) in [5, 5.41) is 12.7. The Morgan fingerprint density at radius 2 is 1.97 bits per heavy atom. The molecule has 1 aromatic heterocycles. The fraction of sp³-hybridized carbons (Fsp3) is 0.136. The van der Waals surface area contributed by atoms with E-state index in [1.807, 2.05) is 23.1 Å². The topological polar surface area (TPSA) is 69.0 Å². The Labute approximate surface area is 173 Å². The molecule has 0 fully saturated rings. The van der Waals surface area contributed by atoms with E-state index in [0.717, 1.165) is 5.56 Å². The van der Waals surface area contributed by atoms with Crippen molar-refractivity contribution in [2.45, 2.75) is 13.1 Å². The maximum atomic E-state index is 13.5. The van der Waals surface area contributed by atoms with E-state index in [4.69, 9.17) is 11.6 Å². The van der Waals surface area contributed by atoms with Crippen LogP contribution in [0.15, 0.2) is 67.0 Å². The van der Waals surface area contributed by atoms with Crippen LogP contribution < -0.4 is 5.32 Å². The number of rotatable bonds is 7. The fourth-order valence-electron chi connectivity index (χ4n) is 2.89. The monoisotopic (exact) mass is 408 g/mol. The minimum absolute atomic E-state index is 0.0831. The van der Waals surface area contributed by atoms with Gasteiger partial charge >= 0.3 is 0 Å². The molecular weight excluding hydrogens is 391 g/mol. The van der Waals surface area contributed by atoms with E-state index in [9.17, 15) is 14.4 Å². The lowest BCUT2D eigenvalue weighted by Crippen LogP contribution is -2.32. The molecule has 5 nitrogen and oxygen atoms in total. The number of anilines is 1. The molecular formula is C22H18ClFN4O. The second-order valence-corrected chi connectivity index (χ2v) is 6.91. The minimum atomic E-state index is -0.468. The van der Waals surface area contributed by atoms with Crippen LogP contribution in [-0.2, 0) is 17.9 Å². The zero-order chi connectivity index (χ0) is 20.6. The first kappa shape index (κ1) is 20.5. The second kappa shape index (κ2) is 9.78. The van der Waals surface area contributed by atoms with Gasteiger partial charge in [0.05, 0.1) is 18.2 Å². The Balaban J connectivity index is 1.76. The number of hydrogen-bond acceptors (Lipinski definition) is 4. The summed E-state index contributed by atoms with van der Waals surface area (Å²) in [6.45, 7) is 0.843. The molecule has 3 rings (SSSR count). The van der Waals surface area contributed by atoms with Crippen LogP contribution in [0.5, 0.6) is 0 Å². The number of pyridine rings is 1. The van der Waals surface area contributed by atoms with Crippen LogP contribution in [0.1, 0.15) is 16.7 Å². The lowest BCUT2D eigenvalue weighted by molar-refractivity contribution is -0.117. The number of nitrogens with zero attached hydrogens (tertiary/aromatic N) is 3. The number of carbonyl (C=O) groups excluding carboxylic acids is 1. The van der Waals surface area contributed by atoms with Gasteiger partial charge in [0.25, 0.3) is 0 Å². The van der Waals surface area contributed by atoms with Gasteiger partial charge in [0.15, 0.2) is 0 Å². The first-order chi connectivity index (χ1) is 14.0. The van der Waals surface area contributed by atoms with Crippen molar-refractivity contribution in [2.24, 2.45) is 0 Å². The molecule has 0 atom stereocenters. The quantitative estimate of drug-likeness (QED) is 0.629. The molecule has 0 saturated heterocycles. The number of aromatic nitrogens is 1. The van der Waals surface area contributed by atoms with E-state index in [2.05, 4.69) is 10.3 Å². The van der Waals surface area contributed by atoms with Gasteiger partial charge in [0.1, 0.15) is 5.82 Å².